The van der Waals surface area contributed by atoms with Crippen LogP contribution in [0.15, 0.2) is 65.5 Å². The lowest BCUT2D eigenvalue weighted by Gasteiger charge is -2.21. The fraction of sp³-hybridized carbons (Fsp3) is 0.185. The summed E-state index contributed by atoms with van der Waals surface area (Å²) >= 11 is 0. The summed E-state index contributed by atoms with van der Waals surface area (Å²) in [5, 5.41) is 22.2. The number of rotatable bonds is 10. The first kappa shape index (κ1) is 32.9. The number of hydrogen-bond donors (Lipinski definition) is 6. The third-order valence-electron chi connectivity index (χ3n) is 5.75. The lowest BCUT2D eigenvalue weighted by Crippen LogP contribution is -2.21. The van der Waals surface area contributed by atoms with Crippen molar-refractivity contribution in [3.8, 4) is 17.2 Å². The number of halogens is 5. The molecule has 4 aromatic rings. The van der Waals surface area contributed by atoms with Crippen LogP contribution >= 0.6 is 0 Å². The number of nitrogens with two attached hydrogens (primary N) is 2. The zero-order chi connectivity index (χ0) is 32.6. The van der Waals surface area contributed by atoms with Gasteiger partial charge in [-0.15, -0.1) is 5.10 Å². The second-order valence-corrected chi connectivity index (χ2v) is 8.72. The second kappa shape index (κ2) is 14.0. The number of nitrogens with zero attached hydrogens (tertiary/aromatic N) is 2. The van der Waals surface area contributed by atoms with Crippen molar-refractivity contribution in [3.63, 3.8) is 0 Å². The zero-order valence-corrected chi connectivity index (χ0v) is 22.8. The molecule has 0 saturated heterocycles. The van der Waals surface area contributed by atoms with E-state index in [-0.39, 0.29) is 35.3 Å². The number of aromatic nitrogens is 3. The molecule has 0 aliphatic rings. The van der Waals surface area contributed by atoms with Gasteiger partial charge in [0.2, 0.25) is 0 Å². The van der Waals surface area contributed by atoms with Crippen LogP contribution in [0, 0.1) is 11.2 Å². The van der Waals surface area contributed by atoms with Gasteiger partial charge in [-0.2, -0.15) is 17.9 Å². The molecule has 0 aliphatic carbocycles. The Morgan fingerprint density at radius 3 is 2.36 bits per heavy atom. The topological polar surface area (TPSA) is 194 Å². The van der Waals surface area contributed by atoms with E-state index in [1.807, 2.05) is 0 Å². The lowest BCUT2D eigenvalue weighted by molar-refractivity contribution is -0.192. The molecular weight excluding hydrogens is 597 g/mol. The van der Waals surface area contributed by atoms with Crippen molar-refractivity contribution in [2.24, 2.45) is 5.73 Å². The molecule has 0 amide bonds. The number of H-pyrrole nitrogens is 1. The Kier molecular flexibility index (Phi) is 10.5. The van der Waals surface area contributed by atoms with E-state index >= 15 is 4.39 Å². The molecule has 1 heterocycles. The number of para-hydroxylation sites is 2. The Labute approximate surface area is 245 Å². The zero-order valence-electron chi connectivity index (χ0n) is 22.8. The first-order chi connectivity index (χ1) is 20.8. The molecule has 44 heavy (non-hydrogen) atoms. The second-order valence-electron chi connectivity index (χ2n) is 8.72. The first-order valence-corrected chi connectivity index (χ1v) is 12.4. The van der Waals surface area contributed by atoms with Crippen LogP contribution in [0.25, 0.3) is 5.69 Å². The molecule has 8 N–H and O–H groups in total. The maximum absolute atomic E-state index is 15.7. The number of nitrogens with one attached hydrogen (secondary N) is 3. The van der Waals surface area contributed by atoms with E-state index in [1.165, 1.54) is 19.2 Å². The number of aliphatic carboxylic acids is 1. The molecule has 0 aliphatic heterocycles. The van der Waals surface area contributed by atoms with E-state index in [1.54, 1.807) is 48.5 Å². The van der Waals surface area contributed by atoms with Gasteiger partial charge in [-0.1, -0.05) is 12.1 Å². The summed E-state index contributed by atoms with van der Waals surface area (Å²) in [7, 11) is 1.40. The fourth-order valence-corrected chi connectivity index (χ4v) is 3.69. The van der Waals surface area contributed by atoms with Gasteiger partial charge in [0.05, 0.1) is 18.5 Å². The highest BCUT2D eigenvalue weighted by Gasteiger charge is 2.38. The average molecular weight is 624 g/mol. The number of methoxy groups -OCH3 is 1. The van der Waals surface area contributed by atoms with Gasteiger partial charge in [-0.3, -0.25) is 10.4 Å². The number of carboxylic acid groups (broad SMARTS) is 1. The minimum absolute atomic E-state index is 0.0192. The quantitative estimate of drug-likeness (QED) is 0.0660. The van der Waals surface area contributed by atoms with Crippen molar-refractivity contribution in [3.05, 3.63) is 93.9 Å². The molecule has 3 aromatic carbocycles. The maximum Gasteiger partial charge on any atom is 0.490 e. The number of nitrogen functional groups attached to an aromatic ring is 2. The molecule has 0 radical (unpaired) electrons. The molecule has 0 saturated carbocycles. The Hall–Kier alpha value is -5.61. The van der Waals surface area contributed by atoms with Gasteiger partial charge in [-0.25, -0.2) is 18.4 Å². The third kappa shape index (κ3) is 8.02. The van der Waals surface area contributed by atoms with Crippen LogP contribution in [-0.2, 0) is 4.79 Å². The highest BCUT2D eigenvalue weighted by molar-refractivity contribution is 5.95. The van der Waals surface area contributed by atoms with Crippen LogP contribution in [0.5, 0.6) is 11.5 Å². The van der Waals surface area contributed by atoms with E-state index < -0.39 is 36.4 Å². The third-order valence-corrected chi connectivity index (χ3v) is 5.75. The number of alkyl halides is 4. The molecule has 234 valence electrons. The number of ether oxygens (including phenoxy) is 2. The number of anilines is 2. The molecule has 0 bridgehead atoms. The van der Waals surface area contributed by atoms with Gasteiger partial charge in [0.25, 0.3) is 0 Å². The SMILES string of the molecule is COc1cc(OCCF)c(F)c(C(Nc2ccc(C(=N)N)cc2)c2nn(-c3ccccc3N)c(=O)[nH]2)c1.O=C(O)C(F)(F)F. The summed E-state index contributed by atoms with van der Waals surface area (Å²) in [5.74, 6) is -3.57. The number of carbonyl (C=O) groups is 1. The predicted octanol–water partition coefficient (Wildman–Crippen LogP) is 3.76. The van der Waals surface area contributed by atoms with Crippen LogP contribution in [0.4, 0.5) is 33.3 Å². The first-order valence-electron chi connectivity index (χ1n) is 12.4. The van der Waals surface area contributed by atoms with Gasteiger partial charge >= 0.3 is 17.8 Å². The summed E-state index contributed by atoms with van der Waals surface area (Å²) in [6.45, 7) is -1.17. The Morgan fingerprint density at radius 2 is 1.82 bits per heavy atom. The normalized spacial score (nSPS) is 11.6. The number of benzene rings is 3. The van der Waals surface area contributed by atoms with E-state index in [2.05, 4.69) is 15.4 Å². The summed E-state index contributed by atoms with van der Waals surface area (Å²) in [4.78, 5) is 24.4. The minimum atomic E-state index is -5.08. The molecule has 0 fully saturated rings. The van der Waals surface area contributed by atoms with E-state index in [0.29, 0.717) is 22.6 Å². The van der Waals surface area contributed by atoms with E-state index in [9.17, 15) is 22.4 Å². The minimum Gasteiger partial charge on any atom is -0.497 e. The summed E-state index contributed by atoms with van der Waals surface area (Å²) in [6.07, 6.45) is -5.08. The molecule has 12 nitrogen and oxygen atoms in total. The molecule has 17 heteroatoms. The highest BCUT2D eigenvalue weighted by Crippen LogP contribution is 2.35. The summed E-state index contributed by atoms with van der Waals surface area (Å²) in [6, 6.07) is 14.9. The fourth-order valence-electron chi connectivity index (χ4n) is 3.69. The maximum atomic E-state index is 15.7. The van der Waals surface area contributed by atoms with Crippen molar-refractivity contribution in [1.82, 2.24) is 14.8 Å². The van der Waals surface area contributed by atoms with Crippen LogP contribution < -0.4 is 31.9 Å². The number of hydrogen-bond acceptors (Lipinski definition) is 8. The van der Waals surface area contributed by atoms with E-state index in [0.717, 1.165) is 4.68 Å². The highest BCUT2D eigenvalue weighted by atomic mass is 19.4. The van der Waals surface area contributed by atoms with Gasteiger partial charge in [0.15, 0.2) is 17.4 Å². The van der Waals surface area contributed by atoms with Crippen LogP contribution in [0.3, 0.4) is 0 Å². The standard InChI is InChI=1S/C25H25F2N7O3.C2HF3O2/c1-36-16-12-17(21(27)20(13-16)37-11-10-26)22(31-15-8-6-14(7-9-15)23(29)30)24-32-25(35)34(33-24)19-5-3-2-4-18(19)28;3-2(4,5)1(6)7/h2-9,12-13,22,31H,10-11,28H2,1H3,(H3,29,30)(H,32,33,35);(H,6,7). The van der Waals surface area contributed by atoms with Gasteiger partial charge < -0.3 is 31.4 Å². The molecule has 1 aromatic heterocycles. The van der Waals surface area contributed by atoms with Gasteiger partial charge in [0, 0.05) is 22.9 Å². The van der Waals surface area contributed by atoms with Crippen LogP contribution in [0.1, 0.15) is 23.0 Å². The Bertz CT molecular complexity index is 1670. The lowest BCUT2D eigenvalue weighted by atomic mass is 10.0. The summed E-state index contributed by atoms with van der Waals surface area (Å²) in [5.41, 5.74) is 12.7. The monoisotopic (exact) mass is 623 g/mol. The molecule has 1 unspecified atom stereocenters. The summed E-state index contributed by atoms with van der Waals surface area (Å²) < 4.78 is 71.8. The number of carboxylic acids is 1. The van der Waals surface area contributed by atoms with Crippen molar-refractivity contribution in [1.29, 1.82) is 5.41 Å². The Balaban J connectivity index is 0.000000676. The molecular formula is C27H26F5N7O5. The average Bonchev–Trinajstić information content (AvgIpc) is 3.36. The van der Waals surface area contributed by atoms with Crippen LogP contribution in [0.2, 0.25) is 0 Å². The van der Waals surface area contributed by atoms with Gasteiger partial charge in [-0.05, 0) is 42.5 Å². The molecule has 4 rings (SSSR count). The van der Waals surface area contributed by atoms with E-state index in [4.69, 9.17) is 36.3 Å². The van der Waals surface area contributed by atoms with Crippen molar-refractivity contribution >= 4 is 23.2 Å². The molecule has 0 spiro atoms. The van der Waals surface area contributed by atoms with Crippen molar-refractivity contribution in [2.45, 2.75) is 12.2 Å². The van der Waals surface area contributed by atoms with Crippen molar-refractivity contribution in [2.75, 3.05) is 31.4 Å². The largest absolute Gasteiger partial charge is 0.497 e. The van der Waals surface area contributed by atoms with Gasteiger partial charge in [0.1, 0.15) is 30.9 Å². The molecule has 1 atom stereocenters. The number of amidine groups is 1. The smallest absolute Gasteiger partial charge is 0.490 e. The Morgan fingerprint density at radius 1 is 1.18 bits per heavy atom. The van der Waals surface area contributed by atoms with Crippen molar-refractivity contribution < 1.29 is 41.3 Å². The predicted molar refractivity (Wildman–Crippen MR) is 150 cm³/mol. The number of aromatic amines is 1. The van der Waals surface area contributed by atoms with Crippen LogP contribution in [-0.4, -0.2) is 58.2 Å².